The molecule has 2 aromatic carbocycles. The van der Waals surface area contributed by atoms with Crippen LogP contribution in [-0.2, 0) is 19.6 Å². The Morgan fingerprint density at radius 3 is 2.45 bits per heavy atom. The second-order valence-corrected chi connectivity index (χ2v) is 8.11. The summed E-state index contributed by atoms with van der Waals surface area (Å²) in [4.78, 5) is 35.8. The summed E-state index contributed by atoms with van der Waals surface area (Å²) in [6.45, 7) is 4.67. The van der Waals surface area contributed by atoms with Crippen molar-refractivity contribution in [2.24, 2.45) is 0 Å². The molecular weight excluding hydrogens is 429 g/mol. The van der Waals surface area contributed by atoms with Gasteiger partial charge in [0, 0.05) is 6.54 Å². The van der Waals surface area contributed by atoms with Crippen molar-refractivity contribution in [3.63, 3.8) is 0 Å². The third-order valence-corrected chi connectivity index (χ3v) is 5.57. The second kappa shape index (κ2) is 10.0. The summed E-state index contributed by atoms with van der Waals surface area (Å²) in [5.74, 6) is -2.41. The highest BCUT2D eigenvalue weighted by Crippen LogP contribution is 2.23. The minimum absolute atomic E-state index is 0.0902. The lowest BCUT2D eigenvalue weighted by Crippen LogP contribution is -2.44. The number of urea groups is 1. The van der Waals surface area contributed by atoms with Gasteiger partial charge in [0.05, 0.1) is 16.1 Å². The first kappa shape index (κ1) is 23.8. The molecule has 2 rings (SSSR count). The summed E-state index contributed by atoms with van der Waals surface area (Å²) in [6.07, 6.45) is -1.32. The van der Waals surface area contributed by atoms with Crippen molar-refractivity contribution in [2.45, 2.75) is 31.8 Å². The van der Waals surface area contributed by atoms with Gasteiger partial charge in [-0.05, 0) is 56.7 Å². The van der Waals surface area contributed by atoms with Crippen molar-refractivity contribution in [3.05, 3.63) is 59.4 Å². The van der Waals surface area contributed by atoms with Gasteiger partial charge in [0.2, 0.25) is 0 Å². The molecule has 9 nitrogen and oxygen atoms in total. The molecule has 0 aliphatic heterocycles. The number of ether oxygens (including phenoxy) is 1. The van der Waals surface area contributed by atoms with Crippen molar-refractivity contribution < 1.29 is 31.9 Å². The van der Waals surface area contributed by atoms with Gasteiger partial charge in [-0.2, -0.15) is 0 Å². The molecule has 3 amide bonds. The fourth-order valence-corrected chi connectivity index (χ4v) is 3.87. The quantitative estimate of drug-likeness (QED) is 0.554. The normalized spacial score (nSPS) is 11.9. The van der Waals surface area contributed by atoms with Crippen molar-refractivity contribution in [3.8, 4) is 0 Å². The summed E-state index contributed by atoms with van der Waals surface area (Å²) >= 11 is 0. The van der Waals surface area contributed by atoms with Crippen LogP contribution in [-0.4, -0.2) is 39.0 Å². The van der Waals surface area contributed by atoms with Gasteiger partial charge in [0.25, 0.3) is 15.9 Å². The summed E-state index contributed by atoms with van der Waals surface area (Å²) in [6, 6.07) is 8.09. The van der Waals surface area contributed by atoms with Crippen LogP contribution in [0.4, 0.5) is 14.9 Å². The lowest BCUT2D eigenvalue weighted by atomic mass is 10.2. The predicted octanol–water partition coefficient (Wildman–Crippen LogP) is 2.33. The molecule has 0 aliphatic carbocycles. The number of esters is 1. The van der Waals surface area contributed by atoms with Crippen molar-refractivity contribution in [2.75, 3.05) is 11.3 Å². The van der Waals surface area contributed by atoms with Gasteiger partial charge in [-0.1, -0.05) is 12.1 Å². The third kappa shape index (κ3) is 6.25. The molecule has 1 atom stereocenters. The number of aryl methyl sites for hydroxylation is 1. The summed E-state index contributed by atoms with van der Waals surface area (Å²) in [7, 11) is -4.14. The Morgan fingerprint density at radius 1 is 1.13 bits per heavy atom. The van der Waals surface area contributed by atoms with Crippen LogP contribution in [0, 0.1) is 12.7 Å². The minimum Gasteiger partial charge on any atom is -0.449 e. The predicted molar refractivity (Wildman–Crippen MR) is 110 cm³/mol. The van der Waals surface area contributed by atoms with Crippen LogP contribution < -0.4 is 15.4 Å². The van der Waals surface area contributed by atoms with Crippen LogP contribution in [0.3, 0.4) is 0 Å². The van der Waals surface area contributed by atoms with Crippen LogP contribution in [0.1, 0.15) is 29.8 Å². The van der Waals surface area contributed by atoms with Gasteiger partial charge in [-0.15, -0.1) is 0 Å². The third-order valence-electron chi connectivity index (χ3n) is 4.04. The molecule has 0 bridgehead atoms. The molecule has 31 heavy (non-hydrogen) atoms. The highest BCUT2D eigenvalue weighted by molar-refractivity contribution is 7.92. The number of nitrogens with one attached hydrogen (secondary N) is 3. The molecule has 0 spiro atoms. The Morgan fingerprint density at radius 2 is 1.81 bits per heavy atom. The van der Waals surface area contributed by atoms with Crippen LogP contribution in [0.15, 0.2) is 47.4 Å². The average Bonchev–Trinajstić information content (AvgIpc) is 2.67. The number of rotatable bonds is 7. The van der Waals surface area contributed by atoms with E-state index in [1.165, 1.54) is 38.1 Å². The molecule has 0 saturated carbocycles. The number of amides is 3. The number of benzene rings is 2. The van der Waals surface area contributed by atoms with Crippen LogP contribution in [0.5, 0.6) is 0 Å². The number of carbonyl (C=O) groups excluding carboxylic acids is 3. The van der Waals surface area contributed by atoms with E-state index in [0.717, 1.165) is 18.2 Å². The van der Waals surface area contributed by atoms with Crippen molar-refractivity contribution in [1.29, 1.82) is 0 Å². The number of sulfonamides is 1. The number of carbonyl (C=O) groups is 3. The fraction of sp³-hybridized carbons (Fsp3) is 0.250. The molecule has 0 aromatic heterocycles. The molecule has 11 heteroatoms. The molecule has 0 radical (unpaired) electrons. The molecule has 0 heterocycles. The first-order chi connectivity index (χ1) is 14.5. The van der Waals surface area contributed by atoms with Gasteiger partial charge in [-0.25, -0.2) is 22.4 Å². The van der Waals surface area contributed by atoms with E-state index in [2.05, 4.69) is 10.0 Å². The van der Waals surface area contributed by atoms with Crippen molar-refractivity contribution >= 4 is 33.6 Å². The summed E-state index contributed by atoms with van der Waals surface area (Å²) in [5, 5.41) is 4.38. The number of hydrogen-bond acceptors (Lipinski definition) is 6. The van der Waals surface area contributed by atoms with Crippen LogP contribution in [0.25, 0.3) is 0 Å². The second-order valence-electron chi connectivity index (χ2n) is 6.46. The number of imide groups is 1. The van der Waals surface area contributed by atoms with Gasteiger partial charge in [0.15, 0.2) is 6.10 Å². The maximum Gasteiger partial charge on any atom is 0.341 e. The van der Waals surface area contributed by atoms with E-state index in [1.807, 2.05) is 5.32 Å². The number of halogens is 1. The molecule has 1 unspecified atom stereocenters. The van der Waals surface area contributed by atoms with Crippen LogP contribution >= 0.6 is 0 Å². The SMILES string of the molecule is CCNC(=O)NC(=O)C(C)OC(=O)c1ccccc1NS(=O)(=O)c1ccc(F)cc1C. The van der Waals surface area contributed by atoms with E-state index in [9.17, 15) is 27.2 Å². The molecule has 0 fully saturated rings. The molecular formula is C20H22FN3O6S. The summed E-state index contributed by atoms with van der Waals surface area (Å²) < 4.78 is 46.1. The molecule has 0 saturated heterocycles. The Hall–Kier alpha value is -3.47. The van der Waals surface area contributed by atoms with Gasteiger partial charge in [-0.3, -0.25) is 14.8 Å². The largest absolute Gasteiger partial charge is 0.449 e. The lowest BCUT2D eigenvalue weighted by molar-refractivity contribution is -0.127. The van der Waals surface area contributed by atoms with E-state index < -0.39 is 39.9 Å². The highest BCUT2D eigenvalue weighted by Gasteiger charge is 2.24. The summed E-state index contributed by atoms with van der Waals surface area (Å²) in [5.41, 5.74) is -0.0562. The van der Waals surface area contributed by atoms with E-state index in [1.54, 1.807) is 6.92 Å². The Labute approximate surface area is 179 Å². The molecule has 3 N–H and O–H groups in total. The Balaban J connectivity index is 2.20. The first-order valence-corrected chi connectivity index (χ1v) is 10.7. The van der Waals surface area contributed by atoms with E-state index >= 15 is 0 Å². The van der Waals surface area contributed by atoms with Gasteiger partial charge in [0.1, 0.15) is 5.82 Å². The molecule has 2 aromatic rings. The van der Waals surface area contributed by atoms with E-state index in [-0.39, 0.29) is 21.7 Å². The average molecular weight is 451 g/mol. The van der Waals surface area contributed by atoms with E-state index in [0.29, 0.717) is 6.54 Å². The van der Waals surface area contributed by atoms with Gasteiger partial charge >= 0.3 is 12.0 Å². The van der Waals surface area contributed by atoms with Crippen LogP contribution in [0.2, 0.25) is 0 Å². The van der Waals surface area contributed by atoms with E-state index in [4.69, 9.17) is 4.74 Å². The zero-order chi connectivity index (χ0) is 23.2. The number of hydrogen-bond donors (Lipinski definition) is 3. The lowest BCUT2D eigenvalue weighted by Gasteiger charge is -2.16. The number of anilines is 1. The highest BCUT2D eigenvalue weighted by atomic mass is 32.2. The monoisotopic (exact) mass is 451 g/mol. The first-order valence-electron chi connectivity index (χ1n) is 9.22. The standard InChI is InChI=1S/C20H22FN3O6S/c1-4-22-20(27)23-18(25)13(3)30-19(26)15-7-5-6-8-16(15)24-31(28,29)17-10-9-14(21)11-12(17)2/h5-11,13,24H,4H2,1-3H3,(H2,22,23,25,27). The maximum atomic E-state index is 13.3. The Bertz CT molecular complexity index is 1100. The molecule has 0 aliphatic rings. The Kier molecular flexibility index (Phi) is 7.70. The maximum absolute atomic E-state index is 13.3. The molecule has 166 valence electrons. The van der Waals surface area contributed by atoms with Gasteiger partial charge < -0.3 is 10.1 Å². The zero-order valence-corrected chi connectivity index (χ0v) is 17.9. The van der Waals surface area contributed by atoms with Crippen molar-refractivity contribution in [1.82, 2.24) is 10.6 Å². The fourth-order valence-electron chi connectivity index (χ4n) is 2.56. The minimum atomic E-state index is -4.14. The zero-order valence-electron chi connectivity index (χ0n) is 17.1. The smallest absolute Gasteiger partial charge is 0.341 e. The number of para-hydroxylation sites is 1. The topological polar surface area (TPSA) is 131 Å².